The molecule has 3 amide bonds. The third-order valence-corrected chi connectivity index (χ3v) is 7.31. The molecule has 1 saturated heterocycles. The standard InChI is InChI=1S/C29H24F6N4O5/c1-3-4-16-11-18(27(42,28(30,31)32)29(33,34)35)5-6-22(16)44-21-7-9-36-20(13-21)15-39-24(40)26(2,38-25(39)41)19-12-17-8-10-43-23(17)37-14-19/h5-14,42H,3-4,15H2,1-2H3,(H,38,41). The molecule has 2 N–H and O–H groups in total. The first kappa shape index (κ1) is 30.8. The summed E-state index contributed by atoms with van der Waals surface area (Å²) >= 11 is 0. The van der Waals surface area contributed by atoms with Gasteiger partial charge in [-0.25, -0.2) is 9.78 Å². The second-order valence-electron chi connectivity index (χ2n) is 10.3. The fraction of sp³-hybridized carbons (Fsp3) is 0.310. The number of aliphatic hydroxyl groups is 1. The van der Waals surface area contributed by atoms with Crippen molar-refractivity contribution in [2.45, 2.75) is 56.7 Å². The highest BCUT2D eigenvalue weighted by Gasteiger charge is 2.71. The smallest absolute Gasteiger partial charge is 0.430 e. The number of aryl methyl sites for hydroxylation is 1. The van der Waals surface area contributed by atoms with Gasteiger partial charge in [-0.1, -0.05) is 19.4 Å². The number of benzene rings is 1. The van der Waals surface area contributed by atoms with Gasteiger partial charge in [-0.2, -0.15) is 26.3 Å². The van der Waals surface area contributed by atoms with E-state index in [0.717, 1.165) is 11.0 Å². The third kappa shape index (κ3) is 5.20. The lowest BCUT2D eigenvalue weighted by Crippen LogP contribution is -2.53. The van der Waals surface area contributed by atoms with Crippen molar-refractivity contribution >= 4 is 23.0 Å². The number of alkyl halides is 6. The van der Waals surface area contributed by atoms with E-state index in [-0.39, 0.29) is 35.7 Å². The second kappa shape index (κ2) is 10.8. The van der Waals surface area contributed by atoms with Crippen molar-refractivity contribution in [3.8, 4) is 11.5 Å². The zero-order valence-corrected chi connectivity index (χ0v) is 23.1. The normalized spacial score (nSPS) is 17.8. The molecular formula is C29H24F6N4O5. The number of ether oxygens (including phenoxy) is 1. The van der Waals surface area contributed by atoms with E-state index in [9.17, 15) is 41.0 Å². The summed E-state index contributed by atoms with van der Waals surface area (Å²) in [5, 5.41) is 13.1. The average Bonchev–Trinajstić information content (AvgIpc) is 3.51. The molecule has 0 bridgehead atoms. The van der Waals surface area contributed by atoms with Crippen LogP contribution in [0.5, 0.6) is 11.5 Å². The van der Waals surface area contributed by atoms with Gasteiger partial charge >= 0.3 is 18.4 Å². The maximum absolute atomic E-state index is 13.4. The van der Waals surface area contributed by atoms with Crippen LogP contribution in [0.1, 0.15) is 42.7 Å². The van der Waals surface area contributed by atoms with E-state index >= 15 is 0 Å². The molecule has 1 atom stereocenters. The molecule has 232 valence electrons. The lowest BCUT2D eigenvalue weighted by Gasteiger charge is -2.33. The number of hydrogen-bond donors (Lipinski definition) is 2. The maximum Gasteiger partial charge on any atom is 0.430 e. The molecule has 0 aliphatic carbocycles. The van der Waals surface area contributed by atoms with Gasteiger partial charge in [-0.05, 0) is 49.2 Å². The number of rotatable bonds is 8. The fourth-order valence-electron chi connectivity index (χ4n) is 4.92. The van der Waals surface area contributed by atoms with Gasteiger partial charge in [0.2, 0.25) is 5.71 Å². The Kier molecular flexibility index (Phi) is 7.56. The zero-order valence-electron chi connectivity index (χ0n) is 23.1. The molecule has 1 unspecified atom stereocenters. The number of imide groups is 1. The van der Waals surface area contributed by atoms with Gasteiger partial charge < -0.3 is 19.6 Å². The van der Waals surface area contributed by atoms with E-state index in [2.05, 4.69) is 15.3 Å². The summed E-state index contributed by atoms with van der Waals surface area (Å²) in [5.41, 5.74) is -6.93. The lowest BCUT2D eigenvalue weighted by atomic mass is 9.90. The monoisotopic (exact) mass is 622 g/mol. The highest BCUT2D eigenvalue weighted by molar-refractivity contribution is 6.07. The van der Waals surface area contributed by atoms with Gasteiger partial charge in [0.05, 0.1) is 18.5 Å². The van der Waals surface area contributed by atoms with Crippen LogP contribution in [0.2, 0.25) is 0 Å². The molecule has 5 rings (SSSR count). The Hall–Kier alpha value is -4.66. The van der Waals surface area contributed by atoms with Crippen LogP contribution in [0, 0.1) is 0 Å². The van der Waals surface area contributed by atoms with Crippen LogP contribution in [0.25, 0.3) is 11.1 Å². The Bertz CT molecular complexity index is 1720. The van der Waals surface area contributed by atoms with Crippen molar-refractivity contribution in [1.82, 2.24) is 20.2 Å². The lowest BCUT2D eigenvalue weighted by molar-refractivity contribution is -0.376. The van der Waals surface area contributed by atoms with Gasteiger partial charge in [0, 0.05) is 35.0 Å². The summed E-state index contributed by atoms with van der Waals surface area (Å²) in [5.74, 6) is -0.543. The third-order valence-electron chi connectivity index (χ3n) is 7.31. The number of urea groups is 1. The second-order valence-corrected chi connectivity index (χ2v) is 10.3. The molecule has 4 aromatic rings. The maximum atomic E-state index is 13.4. The van der Waals surface area contributed by atoms with Crippen molar-refractivity contribution in [3.05, 3.63) is 83.5 Å². The van der Waals surface area contributed by atoms with Gasteiger partial charge in [-0.3, -0.25) is 14.7 Å². The van der Waals surface area contributed by atoms with Gasteiger partial charge in [-0.15, -0.1) is 0 Å². The van der Waals surface area contributed by atoms with E-state index in [1.54, 1.807) is 19.1 Å². The number of hydrogen-bond acceptors (Lipinski definition) is 7. The molecule has 3 aromatic heterocycles. The van der Waals surface area contributed by atoms with Crippen LogP contribution in [0.3, 0.4) is 0 Å². The zero-order chi connectivity index (χ0) is 32.1. The van der Waals surface area contributed by atoms with Crippen LogP contribution in [-0.4, -0.2) is 44.3 Å². The summed E-state index contributed by atoms with van der Waals surface area (Å²) in [6, 6.07) is 7.43. The number of carbonyl (C=O) groups is 2. The molecule has 15 heteroatoms. The van der Waals surface area contributed by atoms with Crippen molar-refractivity contribution in [2.75, 3.05) is 0 Å². The summed E-state index contributed by atoms with van der Waals surface area (Å²) in [6.45, 7) is 2.92. The summed E-state index contributed by atoms with van der Waals surface area (Å²) in [7, 11) is 0. The Morgan fingerprint density at radius 1 is 1.02 bits per heavy atom. The van der Waals surface area contributed by atoms with Crippen molar-refractivity contribution in [2.24, 2.45) is 0 Å². The van der Waals surface area contributed by atoms with E-state index < -0.39 is 41.0 Å². The first-order chi connectivity index (χ1) is 20.6. The van der Waals surface area contributed by atoms with E-state index in [1.165, 1.54) is 37.7 Å². The molecule has 0 saturated carbocycles. The van der Waals surface area contributed by atoms with Crippen LogP contribution >= 0.6 is 0 Å². The van der Waals surface area contributed by atoms with Crippen molar-refractivity contribution < 1.29 is 50.2 Å². The number of pyridine rings is 2. The SMILES string of the molecule is CCCc1cc(C(O)(C(F)(F)F)C(F)(F)F)ccc1Oc1ccnc(CN2C(=O)NC(C)(c3cnc4occc4c3)C2=O)c1. The van der Waals surface area contributed by atoms with Crippen molar-refractivity contribution in [3.63, 3.8) is 0 Å². The number of nitrogens with zero attached hydrogens (tertiary/aromatic N) is 3. The predicted molar refractivity (Wildman–Crippen MR) is 141 cm³/mol. The Morgan fingerprint density at radius 3 is 2.43 bits per heavy atom. The van der Waals surface area contributed by atoms with Crippen LogP contribution in [0.4, 0.5) is 31.1 Å². The molecular weight excluding hydrogens is 598 g/mol. The summed E-state index contributed by atoms with van der Waals surface area (Å²) < 4.78 is 91.7. The molecule has 9 nitrogen and oxygen atoms in total. The molecule has 4 heterocycles. The molecule has 1 fully saturated rings. The molecule has 1 aromatic carbocycles. The summed E-state index contributed by atoms with van der Waals surface area (Å²) in [4.78, 5) is 35.5. The number of nitrogens with one attached hydrogen (secondary N) is 1. The van der Waals surface area contributed by atoms with Crippen molar-refractivity contribution in [1.29, 1.82) is 0 Å². The number of aromatic nitrogens is 2. The number of carbonyl (C=O) groups excluding carboxylic acids is 2. The topological polar surface area (TPSA) is 118 Å². The van der Waals surface area contributed by atoms with E-state index in [0.29, 0.717) is 35.2 Å². The highest BCUT2D eigenvalue weighted by Crippen LogP contribution is 2.50. The number of halogens is 6. The fourth-order valence-corrected chi connectivity index (χ4v) is 4.92. The van der Waals surface area contributed by atoms with Crippen LogP contribution in [0.15, 0.2) is 65.5 Å². The summed E-state index contributed by atoms with van der Waals surface area (Å²) in [6.07, 6.45) is -7.53. The quantitative estimate of drug-likeness (QED) is 0.176. The largest absolute Gasteiger partial charge is 0.457 e. The highest BCUT2D eigenvalue weighted by atomic mass is 19.4. The predicted octanol–water partition coefficient (Wildman–Crippen LogP) is 6.25. The first-order valence-electron chi connectivity index (χ1n) is 13.2. The van der Waals surface area contributed by atoms with Crippen LogP contribution in [-0.2, 0) is 28.9 Å². The van der Waals surface area contributed by atoms with Gasteiger partial charge in [0.1, 0.15) is 17.0 Å². The van der Waals surface area contributed by atoms with Gasteiger partial charge in [0.25, 0.3) is 11.5 Å². The molecule has 0 spiro atoms. The number of amides is 3. The average molecular weight is 623 g/mol. The Balaban J connectivity index is 1.39. The number of fused-ring (bicyclic) bond motifs is 1. The molecule has 1 aliphatic rings. The minimum absolute atomic E-state index is 0.0108. The Morgan fingerprint density at radius 2 is 1.75 bits per heavy atom. The van der Waals surface area contributed by atoms with E-state index in [1.807, 2.05) is 0 Å². The first-order valence-corrected chi connectivity index (χ1v) is 13.2. The number of furan rings is 1. The molecule has 44 heavy (non-hydrogen) atoms. The molecule has 0 radical (unpaired) electrons. The van der Waals surface area contributed by atoms with Crippen LogP contribution < -0.4 is 10.1 Å². The van der Waals surface area contributed by atoms with Gasteiger partial charge in [0.15, 0.2) is 0 Å². The molecule has 1 aliphatic heterocycles. The minimum Gasteiger partial charge on any atom is -0.457 e. The van der Waals surface area contributed by atoms with E-state index in [4.69, 9.17) is 9.15 Å². The minimum atomic E-state index is -6.03. The Labute approximate surface area is 245 Å².